The van der Waals surface area contributed by atoms with Gasteiger partial charge in [-0.05, 0) is 79.7 Å². The summed E-state index contributed by atoms with van der Waals surface area (Å²) >= 11 is 0. The molecule has 4 atom stereocenters. The van der Waals surface area contributed by atoms with Crippen LogP contribution in [0.2, 0.25) is 0 Å². The molecule has 0 amide bonds. The van der Waals surface area contributed by atoms with Gasteiger partial charge in [-0.1, -0.05) is 109 Å². The second kappa shape index (κ2) is 21.2. The van der Waals surface area contributed by atoms with Crippen LogP contribution in [0.4, 0.5) is 0 Å². The normalized spacial score (nSPS) is 13.3. The molecule has 63 heavy (non-hydrogen) atoms. The average Bonchev–Trinajstić information content (AvgIpc) is 3.31. The largest absolute Gasteiger partial charge is 0.452 e. The number of benzene rings is 6. The highest BCUT2D eigenvalue weighted by Gasteiger charge is 2.46. The van der Waals surface area contributed by atoms with Crippen LogP contribution in [0.5, 0.6) is 0 Å². The van der Waals surface area contributed by atoms with Gasteiger partial charge in [0.15, 0.2) is 24.4 Å². The van der Waals surface area contributed by atoms with E-state index in [1.54, 1.807) is 37.3 Å². The molecule has 0 N–H and O–H groups in total. The zero-order chi connectivity index (χ0) is 44.8. The standard InChI is InChI=1S/C47H40O14S2/c1-33-27-29-39(30-28-33)63(54,55)57-32-41(59-45(49)35-19-9-3-10-20-35)43(61-47(51)37-23-13-5-14-24-37)42(60-46(50)36-21-11-4-12-22-36)40(58-44(48)34-17-7-2-8-18-34)31-56-62(52,53)38-25-15-6-16-26-38/h2-30,40-43H,31-32H2,1H3/t40-,41+,42-,43+/m1/s1. The lowest BCUT2D eigenvalue weighted by atomic mass is 10.0. The van der Waals surface area contributed by atoms with Crippen molar-refractivity contribution in [1.82, 2.24) is 0 Å². The van der Waals surface area contributed by atoms with Crippen LogP contribution in [-0.2, 0) is 47.5 Å². The minimum absolute atomic E-state index is 0.0285. The predicted molar refractivity (Wildman–Crippen MR) is 226 cm³/mol. The van der Waals surface area contributed by atoms with E-state index >= 15 is 0 Å². The van der Waals surface area contributed by atoms with Gasteiger partial charge in [0.25, 0.3) is 20.2 Å². The van der Waals surface area contributed by atoms with E-state index in [1.165, 1.54) is 146 Å². The highest BCUT2D eigenvalue weighted by Crippen LogP contribution is 2.26. The fourth-order valence-corrected chi connectivity index (χ4v) is 7.79. The molecule has 0 radical (unpaired) electrons. The summed E-state index contributed by atoms with van der Waals surface area (Å²) in [5.41, 5.74) is 0.570. The van der Waals surface area contributed by atoms with Crippen LogP contribution < -0.4 is 0 Å². The van der Waals surface area contributed by atoms with E-state index in [0.717, 1.165) is 5.56 Å². The van der Waals surface area contributed by atoms with Crippen molar-refractivity contribution in [3.8, 4) is 0 Å². The van der Waals surface area contributed by atoms with E-state index in [9.17, 15) is 36.0 Å². The number of aryl methyl sites for hydroxylation is 1. The number of hydrogen-bond donors (Lipinski definition) is 0. The summed E-state index contributed by atoms with van der Waals surface area (Å²) in [6.45, 7) is -0.415. The Bertz CT molecular complexity index is 2680. The minimum atomic E-state index is -4.64. The van der Waals surface area contributed by atoms with Crippen LogP contribution in [0.25, 0.3) is 0 Å². The fraction of sp³-hybridized carbons (Fsp3) is 0.149. The van der Waals surface area contributed by atoms with E-state index in [2.05, 4.69) is 0 Å². The molecule has 0 unspecified atom stereocenters. The SMILES string of the molecule is Cc1ccc(S(=O)(=O)OC[C@H](OC(=O)c2ccccc2)[C@H](OC(=O)c2ccccc2)[C@H](OC(=O)c2ccccc2)[C@@H](COS(=O)(=O)c2ccccc2)OC(=O)c2ccccc2)cc1. The van der Waals surface area contributed by atoms with E-state index in [4.69, 9.17) is 27.3 Å². The second-order valence-electron chi connectivity index (χ2n) is 13.7. The Kier molecular flexibility index (Phi) is 15.3. The molecule has 0 spiro atoms. The van der Waals surface area contributed by atoms with Gasteiger partial charge < -0.3 is 18.9 Å². The maximum absolute atomic E-state index is 14.1. The number of esters is 4. The summed E-state index contributed by atoms with van der Waals surface area (Å²) in [7, 11) is -9.27. The topological polar surface area (TPSA) is 192 Å². The van der Waals surface area contributed by atoms with Gasteiger partial charge in [0.1, 0.15) is 13.2 Å². The molecule has 324 valence electrons. The first-order valence-electron chi connectivity index (χ1n) is 19.3. The number of ether oxygens (including phenoxy) is 4. The van der Waals surface area contributed by atoms with E-state index in [-0.39, 0.29) is 32.0 Å². The molecular formula is C47H40O14S2. The zero-order valence-corrected chi connectivity index (χ0v) is 35.1. The van der Waals surface area contributed by atoms with E-state index < -0.39 is 81.7 Å². The van der Waals surface area contributed by atoms with Crippen LogP contribution in [0.1, 0.15) is 47.0 Å². The van der Waals surface area contributed by atoms with Crippen LogP contribution in [0.15, 0.2) is 186 Å². The summed E-state index contributed by atoms with van der Waals surface area (Å²) in [4.78, 5) is 55.4. The van der Waals surface area contributed by atoms with Crippen molar-refractivity contribution in [2.45, 2.75) is 41.1 Å². The van der Waals surface area contributed by atoms with Gasteiger partial charge in [-0.3, -0.25) is 8.37 Å². The van der Waals surface area contributed by atoms with Crippen molar-refractivity contribution in [2.24, 2.45) is 0 Å². The Morgan fingerprint density at radius 1 is 0.381 bits per heavy atom. The first kappa shape index (κ1) is 45.5. The molecule has 6 aromatic carbocycles. The van der Waals surface area contributed by atoms with Crippen LogP contribution in [0, 0.1) is 6.92 Å². The Labute approximate surface area is 364 Å². The molecule has 0 bridgehead atoms. The summed E-state index contributed by atoms with van der Waals surface area (Å²) in [5.74, 6) is -4.33. The van der Waals surface area contributed by atoms with Gasteiger partial charge in [0.2, 0.25) is 0 Å². The van der Waals surface area contributed by atoms with Crippen molar-refractivity contribution in [2.75, 3.05) is 13.2 Å². The van der Waals surface area contributed by atoms with Crippen LogP contribution in [0.3, 0.4) is 0 Å². The third kappa shape index (κ3) is 12.5. The summed E-state index contributed by atoms with van der Waals surface area (Å²) < 4.78 is 89.4. The number of hydrogen-bond acceptors (Lipinski definition) is 14. The summed E-state index contributed by atoms with van der Waals surface area (Å²) in [6, 6.07) is 42.5. The van der Waals surface area contributed by atoms with Gasteiger partial charge in [-0.15, -0.1) is 0 Å². The molecule has 0 aromatic heterocycles. The molecule has 0 aliphatic carbocycles. The van der Waals surface area contributed by atoms with Gasteiger partial charge in [-0.25, -0.2) is 19.2 Å². The average molecular weight is 893 g/mol. The van der Waals surface area contributed by atoms with Gasteiger partial charge in [0, 0.05) is 0 Å². The maximum Gasteiger partial charge on any atom is 0.338 e. The van der Waals surface area contributed by atoms with Crippen molar-refractivity contribution in [1.29, 1.82) is 0 Å². The number of carbonyl (C=O) groups excluding carboxylic acids is 4. The molecule has 0 saturated heterocycles. The lowest BCUT2D eigenvalue weighted by Gasteiger charge is -2.35. The van der Waals surface area contributed by atoms with Crippen LogP contribution in [-0.4, -0.2) is 78.3 Å². The summed E-state index contributed by atoms with van der Waals surface area (Å²) in [6.07, 6.45) is -8.29. The molecule has 0 heterocycles. The molecule has 0 aliphatic rings. The highest BCUT2D eigenvalue weighted by atomic mass is 32.2. The lowest BCUT2D eigenvalue weighted by molar-refractivity contribution is -0.133. The molecule has 0 aliphatic heterocycles. The number of rotatable bonds is 19. The second-order valence-corrected chi connectivity index (χ2v) is 16.9. The number of carbonyl (C=O) groups is 4. The molecule has 16 heteroatoms. The summed E-state index contributed by atoms with van der Waals surface area (Å²) in [5, 5.41) is 0. The van der Waals surface area contributed by atoms with Crippen molar-refractivity contribution in [3.63, 3.8) is 0 Å². The molecule has 6 aromatic rings. The monoisotopic (exact) mass is 892 g/mol. The molecule has 0 saturated carbocycles. The Morgan fingerprint density at radius 3 is 0.968 bits per heavy atom. The van der Waals surface area contributed by atoms with Crippen molar-refractivity contribution >= 4 is 44.1 Å². The molecule has 6 rings (SSSR count). The molecular weight excluding hydrogens is 853 g/mol. The van der Waals surface area contributed by atoms with Crippen molar-refractivity contribution in [3.05, 3.63) is 204 Å². The fourth-order valence-electron chi connectivity index (χ4n) is 5.93. The first-order chi connectivity index (χ1) is 30.3. The van der Waals surface area contributed by atoms with Gasteiger partial charge in [-0.2, -0.15) is 16.8 Å². The third-order valence-electron chi connectivity index (χ3n) is 9.21. The molecule has 0 fully saturated rings. The quantitative estimate of drug-likeness (QED) is 0.0458. The Balaban J connectivity index is 1.52. The Hall–Kier alpha value is -6.98. The van der Waals surface area contributed by atoms with Crippen molar-refractivity contribution < 1.29 is 63.3 Å². The van der Waals surface area contributed by atoms with Crippen LogP contribution >= 0.6 is 0 Å². The lowest BCUT2D eigenvalue weighted by Crippen LogP contribution is -2.54. The Morgan fingerprint density at radius 2 is 0.651 bits per heavy atom. The first-order valence-corrected chi connectivity index (χ1v) is 22.1. The minimum Gasteiger partial charge on any atom is -0.452 e. The third-order valence-corrected chi connectivity index (χ3v) is 11.8. The predicted octanol–water partition coefficient (Wildman–Crippen LogP) is 7.01. The maximum atomic E-state index is 14.1. The smallest absolute Gasteiger partial charge is 0.338 e. The highest BCUT2D eigenvalue weighted by molar-refractivity contribution is 7.87. The van der Waals surface area contributed by atoms with Gasteiger partial charge in [0.05, 0.1) is 32.0 Å². The van der Waals surface area contributed by atoms with E-state index in [1.807, 2.05) is 0 Å². The zero-order valence-electron chi connectivity index (χ0n) is 33.5. The van der Waals surface area contributed by atoms with E-state index in [0.29, 0.717) is 0 Å². The molecule has 14 nitrogen and oxygen atoms in total. The van der Waals surface area contributed by atoms with Gasteiger partial charge >= 0.3 is 23.9 Å².